The Hall–Kier alpha value is -3.09. The monoisotopic (exact) mass is 411 g/mol. The van der Waals surface area contributed by atoms with E-state index in [9.17, 15) is 9.59 Å². The number of carbonyl (C=O) groups excluding carboxylic acids is 1. The van der Waals surface area contributed by atoms with Crippen molar-refractivity contribution >= 4 is 16.9 Å². The summed E-state index contributed by atoms with van der Waals surface area (Å²) in [7, 11) is 0. The molecule has 2 heterocycles. The fourth-order valence-corrected chi connectivity index (χ4v) is 3.36. The zero-order valence-electron chi connectivity index (χ0n) is 18.4. The van der Waals surface area contributed by atoms with Crippen molar-refractivity contribution in [2.45, 2.75) is 66.8 Å². The van der Waals surface area contributed by atoms with E-state index in [-0.39, 0.29) is 17.6 Å². The number of nitrogens with zero attached hydrogens (tertiary/aromatic N) is 3. The third-order valence-electron chi connectivity index (χ3n) is 5.36. The van der Waals surface area contributed by atoms with Gasteiger partial charge in [0.1, 0.15) is 11.3 Å². The fraction of sp³-hybridized carbons (Fsp3) is 0.435. The molecular formula is C23H29N3O4. The molecule has 30 heavy (non-hydrogen) atoms. The summed E-state index contributed by atoms with van der Waals surface area (Å²) in [4.78, 5) is 26.8. The Morgan fingerprint density at radius 2 is 1.97 bits per heavy atom. The smallest absolute Gasteiger partial charge is 0.339 e. The summed E-state index contributed by atoms with van der Waals surface area (Å²) in [5.41, 5.74) is 2.55. The first kappa shape index (κ1) is 21.6. The number of rotatable bonds is 7. The maximum Gasteiger partial charge on any atom is 0.339 e. The van der Waals surface area contributed by atoms with Crippen molar-refractivity contribution in [2.24, 2.45) is 0 Å². The van der Waals surface area contributed by atoms with Crippen LogP contribution >= 0.6 is 0 Å². The number of ether oxygens (including phenoxy) is 1. The summed E-state index contributed by atoms with van der Waals surface area (Å²) >= 11 is 0. The Morgan fingerprint density at radius 3 is 2.60 bits per heavy atom. The van der Waals surface area contributed by atoms with Crippen molar-refractivity contribution < 1.29 is 13.9 Å². The van der Waals surface area contributed by atoms with Gasteiger partial charge >= 0.3 is 5.63 Å². The predicted octanol–water partition coefficient (Wildman–Crippen LogP) is 3.83. The second-order valence-electron chi connectivity index (χ2n) is 7.82. The lowest BCUT2D eigenvalue weighted by molar-refractivity contribution is -0.140. The summed E-state index contributed by atoms with van der Waals surface area (Å²) in [6.45, 7) is 12.6. The highest BCUT2D eigenvalue weighted by Crippen LogP contribution is 2.25. The van der Waals surface area contributed by atoms with Crippen LogP contribution in [-0.2, 0) is 17.9 Å². The fourth-order valence-electron chi connectivity index (χ4n) is 3.36. The first-order valence-corrected chi connectivity index (χ1v) is 10.2. The predicted molar refractivity (Wildman–Crippen MR) is 116 cm³/mol. The zero-order valence-corrected chi connectivity index (χ0v) is 18.4. The van der Waals surface area contributed by atoms with Crippen LogP contribution in [0.1, 0.15) is 44.4 Å². The molecule has 0 fully saturated rings. The van der Waals surface area contributed by atoms with E-state index in [2.05, 4.69) is 5.10 Å². The lowest BCUT2D eigenvalue weighted by Crippen LogP contribution is -2.43. The van der Waals surface area contributed by atoms with Gasteiger partial charge in [0.2, 0.25) is 0 Å². The van der Waals surface area contributed by atoms with Crippen LogP contribution in [0.15, 0.2) is 39.8 Å². The highest BCUT2D eigenvalue weighted by atomic mass is 16.5. The van der Waals surface area contributed by atoms with E-state index >= 15 is 0 Å². The van der Waals surface area contributed by atoms with Crippen LogP contribution < -0.4 is 10.4 Å². The Morgan fingerprint density at radius 1 is 1.23 bits per heavy atom. The van der Waals surface area contributed by atoms with E-state index in [0.717, 1.165) is 23.1 Å². The quantitative estimate of drug-likeness (QED) is 0.552. The summed E-state index contributed by atoms with van der Waals surface area (Å²) in [6.07, 6.45) is 3.04. The molecule has 1 amide bonds. The number of fused-ring (bicyclic) bond motifs is 1. The lowest BCUT2D eigenvalue weighted by atomic mass is 10.1. The van der Waals surface area contributed by atoms with Gasteiger partial charge in [-0.1, -0.05) is 0 Å². The van der Waals surface area contributed by atoms with Gasteiger partial charge in [-0.25, -0.2) is 4.79 Å². The number of benzene rings is 1. The summed E-state index contributed by atoms with van der Waals surface area (Å²) < 4.78 is 13.1. The van der Waals surface area contributed by atoms with Gasteiger partial charge in [0.25, 0.3) is 5.91 Å². The second-order valence-corrected chi connectivity index (χ2v) is 7.82. The number of carbonyl (C=O) groups is 1. The van der Waals surface area contributed by atoms with Gasteiger partial charge in [-0.05, 0) is 59.2 Å². The molecular weight excluding hydrogens is 382 g/mol. The Balaban J connectivity index is 1.79. The molecule has 7 heteroatoms. The Kier molecular flexibility index (Phi) is 6.29. The second kappa shape index (κ2) is 8.73. The van der Waals surface area contributed by atoms with Crippen LogP contribution in [0.4, 0.5) is 0 Å². The minimum absolute atomic E-state index is 0.00813. The summed E-state index contributed by atoms with van der Waals surface area (Å²) in [5.74, 6) is 0.369. The Bertz CT molecular complexity index is 1110. The van der Waals surface area contributed by atoms with Gasteiger partial charge in [-0.3, -0.25) is 9.48 Å². The topological polar surface area (TPSA) is 77.6 Å². The van der Waals surface area contributed by atoms with E-state index in [1.54, 1.807) is 37.1 Å². The molecule has 0 N–H and O–H groups in total. The van der Waals surface area contributed by atoms with Crippen LogP contribution in [0.5, 0.6) is 5.75 Å². The number of amides is 1. The molecule has 3 rings (SSSR count). The zero-order chi connectivity index (χ0) is 22.0. The highest BCUT2D eigenvalue weighted by Gasteiger charge is 2.25. The van der Waals surface area contributed by atoms with Gasteiger partial charge < -0.3 is 14.1 Å². The largest absolute Gasteiger partial charge is 0.481 e. The first-order valence-electron chi connectivity index (χ1n) is 10.2. The summed E-state index contributed by atoms with van der Waals surface area (Å²) in [5, 5.41) is 5.14. The van der Waals surface area contributed by atoms with E-state index in [4.69, 9.17) is 9.15 Å². The number of hydrogen-bond donors (Lipinski definition) is 0. The van der Waals surface area contributed by atoms with Gasteiger partial charge in [-0.15, -0.1) is 0 Å². The number of aromatic nitrogens is 2. The molecule has 7 nitrogen and oxygen atoms in total. The third kappa shape index (κ3) is 4.40. The highest BCUT2D eigenvalue weighted by molar-refractivity contribution is 5.83. The molecule has 1 atom stereocenters. The molecule has 0 saturated heterocycles. The van der Waals surface area contributed by atoms with E-state index in [1.165, 1.54) is 0 Å². The van der Waals surface area contributed by atoms with Crippen molar-refractivity contribution in [3.05, 3.63) is 57.7 Å². The molecule has 2 aromatic heterocycles. The standard InChI is InChI=1S/C23H29N3O4/c1-7-25-12-18(11-24-25)13-26(14(2)3)22(27)17(6)29-19-8-9-20-15(4)16(5)23(28)30-21(20)10-19/h8-12,14,17H,7,13H2,1-6H3. The van der Waals surface area contributed by atoms with Crippen molar-refractivity contribution in [3.8, 4) is 5.75 Å². The SMILES string of the molecule is CCn1cc(CN(C(=O)C(C)Oc2ccc3c(C)c(C)c(=O)oc3c2)C(C)C)cn1. The molecule has 0 spiro atoms. The third-order valence-corrected chi connectivity index (χ3v) is 5.36. The molecule has 0 saturated carbocycles. The van der Waals surface area contributed by atoms with Gasteiger partial charge in [0, 0.05) is 47.9 Å². The maximum atomic E-state index is 13.1. The molecule has 0 aliphatic carbocycles. The minimum Gasteiger partial charge on any atom is -0.481 e. The van der Waals surface area contributed by atoms with Crippen LogP contribution in [0.25, 0.3) is 11.0 Å². The molecule has 0 radical (unpaired) electrons. The molecule has 1 aromatic carbocycles. The van der Waals surface area contributed by atoms with E-state index in [1.807, 2.05) is 44.6 Å². The average Bonchev–Trinajstić information content (AvgIpc) is 3.17. The number of aryl methyl sites for hydroxylation is 2. The van der Waals surface area contributed by atoms with Crippen LogP contribution in [-0.4, -0.2) is 32.7 Å². The van der Waals surface area contributed by atoms with Crippen LogP contribution in [0, 0.1) is 13.8 Å². The maximum absolute atomic E-state index is 13.1. The first-order chi connectivity index (χ1) is 14.2. The van der Waals surface area contributed by atoms with Gasteiger partial charge in [0.05, 0.1) is 6.20 Å². The molecule has 0 aliphatic heterocycles. The van der Waals surface area contributed by atoms with Crippen molar-refractivity contribution in [1.82, 2.24) is 14.7 Å². The van der Waals surface area contributed by atoms with Crippen molar-refractivity contribution in [3.63, 3.8) is 0 Å². The molecule has 0 aliphatic rings. The van der Waals surface area contributed by atoms with Crippen LogP contribution in [0.3, 0.4) is 0 Å². The minimum atomic E-state index is -0.690. The normalized spacial score (nSPS) is 12.4. The van der Waals surface area contributed by atoms with Crippen molar-refractivity contribution in [1.29, 1.82) is 0 Å². The van der Waals surface area contributed by atoms with Gasteiger partial charge in [0.15, 0.2) is 6.10 Å². The molecule has 1 unspecified atom stereocenters. The molecule has 3 aromatic rings. The van der Waals surface area contributed by atoms with E-state index < -0.39 is 6.10 Å². The molecule has 160 valence electrons. The van der Waals surface area contributed by atoms with Gasteiger partial charge in [-0.2, -0.15) is 5.10 Å². The average molecular weight is 412 g/mol. The van der Waals surface area contributed by atoms with Crippen molar-refractivity contribution in [2.75, 3.05) is 0 Å². The Labute approximate surface area is 176 Å². The summed E-state index contributed by atoms with van der Waals surface area (Å²) in [6, 6.07) is 5.32. The molecule has 0 bridgehead atoms. The lowest BCUT2D eigenvalue weighted by Gasteiger charge is -2.29. The van der Waals surface area contributed by atoms with Crippen LogP contribution in [0.2, 0.25) is 0 Å². The number of hydrogen-bond acceptors (Lipinski definition) is 5. The van der Waals surface area contributed by atoms with E-state index in [0.29, 0.717) is 23.4 Å².